The average molecular weight is 622 g/mol. The number of carbonyl (C=O) groups is 3. The van der Waals surface area contributed by atoms with Gasteiger partial charge in [-0.25, -0.2) is 4.98 Å². The smallest absolute Gasteiger partial charge is 0.230 e. The van der Waals surface area contributed by atoms with Crippen molar-refractivity contribution in [3.8, 4) is 39.8 Å². The molecule has 0 aliphatic rings. The molecule has 11 N–H and O–H groups in total. The average Bonchev–Trinajstić information content (AvgIpc) is 3.39. The number of hydrogen-bond acceptors (Lipinski definition) is 11. The first-order valence-corrected chi connectivity index (χ1v) is 13.9. The standard InChI is InChI=1S/C29H31N7O7S/c1-13(37)21(12-24(30)39)36-28(41)29(2,3)15-9-18(17-11-16(42-43-44-33)5-7-23(17)38)25(40)19(10-15)27-34-20-6-4-14(26(31)32)8-22(20)35-27/h4-11,21,38,40H,12,33H2,1-3H3,(H2,30,39)(H3,31,32)(H,34,35)(H,36,41)/t21-/m1/s1. The van der Waals surface area contributed by atoms with E-state index in [0.29, 0.717) is 34.4 Å². The first-order chi connectivity index (χ1) is 20.7. The number of phenolic OH excluding ortho intramolecular Hbond substituents is 2. The lowest BCUT2D eigenvalue weighted by Crippen LogP contribution is -2.49. The van der Waals surface area contributed by atoms with E-state index >= 15 is 0 Å². The number of nitrogens with one attached hydrogen (secondary N) is 3. The summed E-state index contributed by atoms with van der Waals surface area (Å²) < 4.78 is 4.72. The minimum Gasteiger partial charge on any atom is -0.507 e. The molecule has 44 heavy (non-hydrogen) atoms. The molecule has 15 heteroatoms. The number of ketones is 1. The number of carbonyl (C=O) groups excluding carboxylic acids is 3. The molecule has 0 saturated heterocycles. The first-order valence-electron chi connectivity index (χ1n) is 13.1. The maximum Gasteiger partial charge on any atom is 0.230 e. The van der Waals surface area contributed by atoms with Crippen LogP contribution in [0, 0.1) is 5.41 Å². The highest BCUT2D eigenvalue weighted by atomic mass is 32.2. The number of nitrogen functional groups attached to an aromatic ring is 1. The lowest BCUT2D eigenvalue weighted by atomic mass is 9.80. The summed E-state index contributed by atoms with van der Waals surface area (Å²) in [6.45, 7) is 4.42. The molecule has 4 rings (SSSR count). The Labute approximate surface area is 255 Å². The number of hydrogen-bond donors (Lipinski definition) is 8. The van der Waals surface area contributed by atoms with E-state index in [4.69, 9.17) is 31.2 Å². The highest BCUT2D eigenvalue weighted by molar-refractivity contribution is 7.92. The van der Waals surface area contributed by atoms with Gasteiger partial charge in [0.2, 0.25) is 11.8 Å². The fourth-order valence-electron chi connectivity index (χ4n) is 4.49. The molecule has 0 bridgehead atoms. The van der Waals surface area contributed by atoms with E-state index in [1.807, 2.05) is 0 Å². The predicted molar refractivity (Wildman–Crippen MR) is 164 cm³/mol. The number of amides is 2. The summed E-state index contributed by atoms with van der Waals surface area (Å²) >= 11 is 0.464. The summed E-state index contributed by atoms with van der Waals surface area (Å²) in [4.78, 5) is 50.1. The van der Waals surface area contributed by atoms with Gasteiger partial charge in [-0.1, -0.05) is 4.33 Å². The number of nitrogens with zero attached hydrogens (tertiary/aromatic N) is 1. The second-order valence-corrected chi connectivity index (χ2v) is 10.8. The van der Waals surface area contributed by atoms with Crippen LogP contribution in [0.15, 0.2) is 48.5 Å². The van der Waals surface area contributed by atoms with E-state index in [2.05, 4.69) is 15.3 Å². The molecule has 0 radical (unpaired) electrons. The van der Waals surface area contributed by atoms with Crippen LogP contribution in [0.25, 0.3) is 33.5 Å². The lowest BCUT2D eigenvalue weighted by Gasteiger charge is -2.28. The molecule has 1 aromatic heterocycles. The summed E-state index contributed by atoms with van der Waals surface area (Å²) in [6.07, 6.45) is -0.381. The number of Topliss-reactive ketones (excluding diaryl/α,β-unsaturated/α-hetero) is 1. The Bertz CT molecular complexity index is 1790. The molecule has 1 atom stereocenters. The van der Waals surface area contributed by atoms with Crippen molar-refractivity contribution in [2.24, 2.45) is 16.6 Å². The highest BCUT2D eigenvalue weighted by Crippen LogP contribution is 2.45. The van der Waals surface area contributed by atoms with Crippen molar-refractivity contribution in [2.75, 3.05) is 0 Å². The van der Waals surface area contributed by atoms with Crippen molar-refractivity contribution >= 4 is 46.7 Å². The number of amidine groups is 1. The van der Waals surface area contributed by atoms with Gasteiger partial charge in [-0.05, 0) is 74.9 Å². The zero-order valence-corrected chi connectivity index (χ0v) is 24.7. The summed E-state index contributed by atoms with van der Waals surface area (Å²) in [6, 6.07) is 11.0. The van der Waals surface area contributed by atoms with Crippen molar-refractivity contribution in [1.82, 2.24) is 15.3 Å². The molecule has 14 nitrogen and oxygen atoms in total. The number of aromatic amines is 1. The third kappa shape index (κ3) is 6.59. The molecule has 0 saturated carbocycles. The Balaban J connectivity index is 1.92. The van der Waals surface area contributed by atoms with Crippen LogP contribution in [0.1, 0.15) is 38.3 Å². The number of nitrogens with two attached hydrogens (primary N) is 3. The Kier molecular flexibility index (Phi) is 9.13. The number of aromatic hydroxyl groups is 2. The van der Waals surface area contributed by atoms with Crippen molar-refractivity contribution < 1.29 is 33.8 Å². The topological polar surface area (TPSA) is 253 Å². The molecule has 230 valence electrons. The third-order valence-electron chi connectivity index (χ3n) is 7.08. The van der Waals surface area contributed by atoms with Gasteiger partial charge in [0, 0.05) is 16.7 Å². The molecular weight excluding hydrogens is 590 g/mol. The van der Waals surface area contributed by atoms with Crippen LogP contribution in [0.5, 0.6) is 17.2 Å². The van der Waals surface area contributed by atoms with Crippen molar-refractivity contribution in [1.29, 1.82) is 5.41 Å². The van der Waals surface area contributed by atoms with Crippen LogP contribution in [0.4, 0.5) is 0 Å². The molecule has 3 aromatic carbocycles. The number of phenols is 2. The van der Waals surface area contributed by atoms with Crippen LogP contribution < -0.4 is 26.8 Å². The fraction of sp³-hybridized carbons (Fsp3) is 0.207. The number of aromatic nitrogens is 2. The van der Waals surface area contributed by atoms with Gasteiger partial charge in [-0.2, -0.15) is 0 Å². The van der Waals surface area contributed by atoms with Gasteiger partial charge in [0.15, 0.2) is 11.5 Å². The number of H-pyrrole nitrogens is 1. The molecular formula is C29H31N7O7S. The van der Waals surface area contributed by atoms with Crippen LogP contribution in [0.3, 0.4) is 0 Å². The molecule has 0 spiro atoms. The van der Waals surface area contributed by atoms with Gasteiger partial charge in [-0.15, -0.1) is 0 Å². The number of imidazole rings is 1. The van der Waals surface area contributed by atoms with Gasteiger partial charge in [0.05, 0.1) is 34.5 Å². The summed E-state index contributed by atoms with van der Waals surface area (Å²) in [5.41, 5.74) is 11.8. The molecule has 0 unspecified atom stereocenters. The minimum atomic E-state index is -1.36. The third-order valence-corrected chi connectivity index (χ3v) is 7.22. The van der Waals surface area contributed by atoms with Gasteiger partial charge in [0.25, 0.3) is 0 Å². The van der Waals surface area contributed by atoms with E-state index < -0.39 is 29.1 Å². The van der Waals surface area contributed by atoms with E-state index in [-0.39, 0.29) is 52.0 Å². The second-order valence-electron chi connectivity index (χ2n) is 10.5. The molecule has 0 aliphatic heterocycles. The van der Waals surface area contributed by atoms with Crippen LogP contribution >= 0.6 is 12.2 Å². The molecule has 0 aliphatic carbocycles. The lowest BCUT2D eigenvalue weighted by molar-refractivity contribution is -0.131. The Morgan fingerprint density at radius 2 is 1.77 bits per heavy atom. The molecule has 1 heterocycles. The van der Waals surface area contributed by atoms with Crippen molar-refractivity contribution in [2.45, 2.75) is 38.6 Å². The van der Waals surface area contributed by atoms with E-state index in [9.17, 15) is 24.6 Å². The van der Waals surface area contributed by atoms with E-state index in [1.54, 1.807) is 38.1 Å². The SMILES string of the molecule is CC(=O)[C@@H](CC(N)=O)NC(=O)C(C)(C)c1cc(-c2nc3ccc(C(=N)N)cc3[nH]2)c(O)c(-c2cc(OOSN)ccc2O)c1. The van der Waals surface area contributed by atoms with E-state index in [0.717, 1.165) is 0 Å². The predicted octanol–water partition coefficient (Wildman–Crippen LogP) is 2.65. The first kappa shape index (κ1) is 31.8. The van der Waals surface area contributed by atoms with Gasteiger partial charge in [0.1, 0.15) is 35.4 Å². The Morgan fingerprint density at radius 3 is 2.41 bits per heavy atom. The summed E-state index contributed by atoms with van der Waals surface area (Å²) in [5, 5.41) is 38.0. The Hall–Kier alpha value is -5.12. The quantitative estimate of drug-likeness (QED) is 0.0285. The van der Waals surface area contributed by atoms with Gasteiger partial charge < -0.3 is 36.9 Å². The minimum absolute atomic E-state index is 0.104. The van der Waals surface area contributed by atoms with Crippen LogP contribution in [0.2, 0.25) is 0 Å². The van der Waals surface area contributed by atoms with Crippen molar-refractivity contribution in [3.05, 3.63) is 59.7 Å². The van der Waals surface area contributed by atoms with Crippen molar-refractivity contribution in [3.63, 3.8) is 0 Å². The summed E-state index contributed by atoms with van der Waals surface area (Å²) in [5.74, 6) is -2.13. The highest BCUT2D eigenvalue weighted by Gasteiger charge is 2.35. The monoisotopic (exact) mass is 621 g/mol. The number of primary amides is 1. The van der Waals surface area contributed by atoms with Gasteiger partial charge in [-0.3, -0.25) is 24.9 Å². The normalized spacial score (nSPS) is 12.1. The zero-order chi connectivity index (χ0) is 32.3. The molecule has 2 amide bonds. The summed E-state index contributed by atoms with van der Waals surface area (Å²) in [7, 11) is 0. The maximum atomic E-state index is 13.6. The molecule has 0 fully saturated rings. The van der Waals surface area contributed by atoms with Crippen LogP contribution in [-0.2, 0) is 24.1 Å². The number of fused-ring (bicyclic) bond motifs is 1. The van der Waals surface area contributed by atoms with E-state index in [1.165, 1.54) is 31.2 Å². The zero-order valence-electron chi connectivity index (χ0n) is 23.9. The maximum absolute atomic E-state index is 13.6. The number of rotatable bonds is 12. The van der Waals surface area contributed by atoms with Gasteiger partial charge >= 0.3 is 0 Å². The molecule has 4 aromatic rings. The number of benzene rings is 3. The fourth-order valence-corrected chi connectivity index (χ4v) is 4.61. The Morgan fingerprint density at radius 1 is 1.07 bits per heavy atom. The second kappa shape index (κ2) is 12.6. The van der Waals surface area contributed by atoms with Crippen LogP contribution in [-0.4, -0.2) is 49.7 Å². The largest absolute Gasteiger partial charge is 0.507 e.